The number of amides is 1. The fourth-order valence-electron chi connectivity index (χ4n) is 2.11. The minimum Gasteiger partial charge on any atom is -0.398 e. The van der Waals surface area contributed by atoms with Gasteiger partial charge in [-0.3, -0.25) is 4.79 Å². The number of hydrogen-bond donors (Lipinski definition) is 2. The maximum atomic E-state index is 12.0. The summed E-state index contributed by atoms with van der Waals surface area (Å²) in [6.07, 6.45) is 0.482. The number of nitrogen functional groups attached to an aromatic ring is 1. The van der Waals surface area contributed by atoms with Crippen molar-refractivity contribution in [2.45, 2.75) is 13.3 Å². The standard InChI is InChI=1S/C14H20BrN3O2/c1-10-8-13(11(15)9-12(10)16)17-3-2-14(19)18-4-6-20-7-5-18/h8-9,17H,2-7,16H2,1H3. The Morgan fingerprint density at radius 3 is 2.85 bits per heavy atom. The van der Waals surface area contributed by atoms with Gasteiger partial charge in [-0.15, -0.1) is 0 Å². The predicted octanol–water partition coefficient (Wildman–Crippen LogP) is 2.00. The molecule has 3 N–H and O–H groups in total. The van der Waals surface area contributed by atoms with E-state index in [1.54, 1.807) is 0 Å². The molecule has 0 atom stereocenters. The molecule has 0 bridgehead atoms. The molecule has 0 aromatic heterocycles. The van der Waals surface area contributed by atoms with Crippen molar-refractivity contribution in [1.82, 2.24) is 4.90 Å². The first kappa shape index (κ1) is 15.1. The maximum Gasteiger partial charge on any atom is 0.224 e. The summed E-state index contributed by atoms with van der Waals surface area (Å²) in [6, 6.07) is 3.86. The highest BCUT2D eigenvalue weighted by atomic mass is 79.9. The lowest BCUT2D eigenvalue weighted by molar-refractivity contribution is -0.134. The summed E-state index contributed by atoms with van der Waals surface area (Å²) in [4.78, 5) is 13.8. The number of carbonyl (C=O) groups excluding carboxylic acids is 1. The van der Waals surface area contributed by atoms with Crippen molar-refractivity contribution in [3.8, 4) is 0 Å². The molecule has 1 fully saturated rings. The van der Waals surface area contributed by atoms with E-state index in [9.17, 15) is 4.79 Å². The molecule has 1 amide bonds. The van der Waals surface area contributed by atoms with Crippen LogP contribution < -0.4 is 11.1 Å². The van der Waals surface area contributed by atoms with E-state index in [2.05, 4.69) is 21.2 Å². The monoisotopic (exact) mass is 341 g/mol. The van der Waals surface area contributed by atoms with Gasteiger partial charge in [-0.05, 0) is 40.5 Å². The zero-order valence-corrected chi connectivity index (χ0v) is 13.2. The summed E-state index contributed by atoms with van der Waals surface area (Å²) in [6.45, 7) is 5.25. The van der Waals surface area contributed by atoms with Crippen LogP contribution in [0.2, 0.25) is 0 Å². The Balaban J connectivity index is 1.83. The summed E-state index contributed by atoms with van der Waals surface area (Å²) >= 11 is 3.47. The molecule has 5 nitrogen and oxygen atoms in total. The molecular formula is C14H20BrN3O2. The van der Waals surface area contributed by atoms with Crippen LogP contribution in [-0.4, -0.2) is 43.7 Å². The number of benzene rings is 1. The summed E-state index contributed by atoms with van der Waals surface area (Å²) < 4.78 is 6.15. The number of nitrogens with two attached hydrogens (primary N) is 1. The van der Waals surface area contributed by atoms with Gasteiger partial charge in [0.2, 0.25) is 5.91 Å². The smallest absolute Gasteiger partial charge is 0.224 e. The number of nitrogens with one attached hydrogen (secondary N) is 1. The highest BCUT2D eigenvalue weighted by Crippen LogP contribution is 2.27. The largest absolute Gasteiger partial charge is 0.398 e. The molecule has 0 saturated carbocycles. The second-order valence-electron chi connectivity index (χ2n) is 4.86. The molecule has 1 heterocycles. The SMILES string of the molecule is Cc1cc(NCCC(=O)N2CCOCC2)c(Br)cc1N. The zero-order chi connectivity index (χ0) is 14.5. The zero-order valence-electron chi connectivity index (χ0n) is 11.6. The topological polar surface area (TPSA) is 67.6 Å². The molecule has 1 aromatic rings. The van der Waals surface area contributed by atoms with E-state index in [1.807, 2.05) is 24.0 Å². The molecule has 1 aromatic carbocycles. The van der Waals surface area contributed by atoms with Gasteiger partial charge in [0.25, 0.3) is 0 Å². The third kappa shape index (κ3) is 3.86. The lowest BCUT2D eigenvalue weighted by Crippen LogP contribution is -2.41. The highest BCUT2D eigenvalue weighted by Gasteiger charge is 2.16. The Morgan fingerprint density at radius 1 is 1.45 bits per heavy atom. The van der Waals surface area contributed by atoms with Crippen LogP contribution in [0.1, 0.15) is 12.0 Å². The molecule has 0 radical (unpaired) electrons. The van der Waals surface area contributed by atoms with Gasteiger partial charge in [0.15, 0.2) is 0 Å². The first-order valence-electron chi connectivity index (χ1n) is 6.73. The average molecular weight is 342 g/mol. The molecule has 1 aliphatic heterocycles. The third-order valence-electron chi connectivity index (χ3n) is 3.37. The normalized spacial score (nSPS) is 15.2. The van der Waals surface area contributed by atoms with Crippen molar-refractivity contribution in [3.63, 3.8) is 0 Å². The lowest BCUT2D eigenvalue weighted by Gasteiger charge is -2.27. The predicted molar refractivity (Wildman–Crippen MR) is 83.8 cm³/mol. The molecule has 0 unspecified atom stereocenters. The van der Waals surface area contributed by atoms with Crippen molar-refractivity contribution >= 4 is 33.2 Å². The quantitative estimate of drug-likeness (QED) is 0.822. The Hall–Kier alpha value is -1.27. The minimum atomic E-state index is 0.170. The van der Waals surface area contributed by atoms with Crippen LogP contribution in [0.4, 0.5) is 11.4 Å². The maximum absolute atomic E-state index is 12.0. The van der Waals surface area contributed by atoms with Crippen LogP contribution in [0.5, 0.6) is 0 Å². The minimum absolute atomic E-state index is 0.170. The van der Waals surface area contributed by atoms with Crippen LogP contribution in [0.3, 0.4) is 0 Å². The number of morpholine rings is 1. The van der Waals surface area contributed by atoms with E-state index in [0.29, 0.717) is 39.3 Å². The second kappa shape index (κ2) is 6.95. The number of aryl methyl sites for hydroxylation is 1. The van der Waals surface area contributed by atoms with Crippen molar-refractivity contribution < 1.29 is 9.53 Å². The van der Waals surface area contributed by atoms with Gasteiger partial charge in [0.1, 0.15) is 0 Å². The van der Waals surface area contributed by atoms with Crippen LogP contribution in [0.25, 0.3) is 0 Å². The summed E-state index contributed by atoms with van der Waals surface area (Å²) in [7, 11) is 0. The second-order valence-corrected chi connectivity index (χ2v) is 5.71. The number of halogens is 1. The summed E-state index contributed by atoms with van der Waals surface area (Å²) in [5.41, 5.74) is 8.58. The van der Waals surface area contributed by atoms with E-state index in [4.69, 9.17) is 10.5 Å². The Kier molecular flexibility index (Phi) is 5.25. The molecule has 110 valence electrons. The van der Waals surface area contributed by atoms with Crippen molar-refractivity contribution in [2.24, 2.45) is 0 Å². The van der Waals surface area contributed by atoms with Crippen molar-refractivity contribution in [2.75, 3.05) is 43.9 Å². The van der Waals surface area contributed by atoms with Gasteiger partial charge >= 0.3 is 0 Å². The molecule has 6 heteroatoms. The summed E-state index contributed by atoms with van der Waals surface area (Å²) in [5.74, 6) is 0.170. The van der Waals surface area contributed by atoms with E-state index in [1.165, 1.54) is 0 Å². The van der Waals surface area contributed by atoms with E-state index < -0.39 is 0 Å². The molecule has 0 aliphatic carbocycles. The Bertz CT molecular complexity index is 488. The van der Waals surface area contributed by atoms with Crippen molar-refractivity contribution in [1.29, 1.82) is 0 Å². The van der Waals surface area contributed by atoms with Gasteiger partial charge in [0.05, 0.1) is 13.2 Å². The third-order valence-corrected chi connectivity index (χ3v) is 4.03. The lowest BCUT2D eigenvalue weighted by atomic mass is 10.2. The number of carbonyl (C=O) groups is 1. The number of nitrogens with zero attached hydrogens (tertiary/aromatic N) is 1. The molecular weight excluding hydrogens is 322 g/mol. The van der Waals surface area contributed by atoms with Gasteiger partial charge in [-0.2, -0.15) is 0 Å². The Morgan fingerprint density at radius 2 is 2.15 bits per heavy atom. The van der Waals surface area contributed by atoms with Crippen LogP contribution in [-0.2, 0) is 9.53 Å². The van der Waals surface area contributed by atoms with E-state index >= 15 is 0 Å². The fourth-order valence-corrected chi connectivity index (χ4v) is 2.61. The first-order chi connectivity index (χ1) is 9.58. The molecule has 1 aliphatic rings. The summed E-state index contributed by atoms with van der Waals surface area (Å²) in [5, 5.41) is 3.27. The van der Waals surface area contributed by atoms with E-state index in [-0.39, 0.29) is 5.91 Å². The van der Waals surface area contributed by atoms with Gasteiger partial charge in [-0.1, -0.05) is 0 Å². The number of hydrogen-bond acceptors (Lipinski definition) is 4. The van der Waals surface area contributed by atoms with Crippen molar-refractivity contribution in [3.05, 3.63) is 22.2 Å². The number of ether oxygens (including phenoxy) is 1. The molecule has 2 rings (SSSR count). The number of anilines is 2. The van der Waals surface area contributed by atoms with Gasteiger partial charge in [0, 0.05) is 41.9 Å². The van der Waals surface area contributed by atoms with Gasteiger partial charge < -0.3 is 20.7 Å². The van der Waals surface area contributed by atoms with Crippen LogP contribution in [0, 0.1) is 6.92 Å². The molecule has 0 spiro atoms. The molecule has 20 heavy (non-hydrogen) atoms. The number of rotatable bonds is 4. The van der Waals surface area contributed by atoms with E-state index in [0.717, 1.165) is 21.4 Å². The average Bonchev–Trinajstić information content (AvgIpc) is 2.45. The van der Waals surface area contributed by atoms with Gasteiger partial charge in [-0.25, -0.2) is 0 Å². The van der Waals surface area contributed by atoms with Crippen LogP contribution >= 0.6 is 15.9 Å². The Labute approximate surface area is 127 Å². The fraction of sp³-hybridized carbons (Fsp3) is 0.500. The first-order valence-corrected chi connectivity index (χ1v) is 7.52. The van der Waals surface area contributed by atoms with Crippen LogP contribution in [0.15, 0.2) is 16.6 Å². The highest BCUT2D eigenvalue weighted by molar-refractivity contribution is 9.10. The molecule has 1 saturated heterocycles.